The summed E-state index contributed by atoms with van der Waals surface area (Å²) in [6.45, 7) is 3.92. The monoisotopic (exact) mass is 290 g/mol. The van der Waals surface area contributed by atoms with E-state index in [0.29, 0.717) is 17.3 Å². The van der Waals surface area contributed by atoms with Crippen molar-refractivity contribution in [3.63, 3.8) is 0 Å². The molecule has 0 amide bonds. The third-order valence-corrected chi connectivity index (χ3v) is 3.30. The van der Waals surface area contributed by atoms with Crippen LogP contribution in [0.3, 0.4) is 0 Å². The van der Waals surface area contributed by atoms with Gasteiger partial charge in [-0.1, -0.05) is 31.0 Å². The molecule has 0 aliphatic heterocycles. The zero-order valence-corrected chi connectivity index (χ0v) is 12.1. The quantitative estimate of drug-likeness (QED) is 0.646. The first-order valence-corrected chi connectivity index (χ1v) is 6.87. The normalized spacial score (nSPS) is 12.3. The number of nitrogens with zero attached hydrogens (tertiary/aromatic N) is 3. The van der Waals surface area contributed by atoms with Crippen molar-refractivity contribution in [2.45, 2.75) is 39.2 Å². The highest BCUT2D eigenvalue weighted by Crippen LogP contribution is 2.26. The summed E-state index contributed by atoms with van der Waals surface area (Å²) in [4.78, 5) is 14.7. The maximum absolute atomic E-state index is 10.8. The SMILES string of the molecule is CCCCC(N)c1nc(-c2cc([N+](=O)[O-])ccc2C)no1. The lowest BCUT2D eigenvalue weighted by molar-refractivity contribution is -0.384. The van der Waals surface area contributed by atoms with Crippen LogP contribution in [0.5, 0.6) is 0 Å². The van der Waals surface area contributed by atoms with Gasteiger partial charge in [-0.05, 0) is 18.9 Å². The molecule has 1 aromatic heterocycles. The van der Waals surface area contributed by atoms with Crippen LogP contribution in [0.2, 0.25) is 0 Å². The molecular formula is C14H18N4O3. The molecule has 2 N–H and O–H groups in total. The summed E-state index contributed by atoms with van der Waals surface area (Å²) in [5.74, 6) is 0.697. The van der Waals surface area contributed by atoms with Crippen molar-refractivity contribution in [3.8, 4) is 11.4 Å². The highest BCUT2D eigenvalue weighted by molar-refractivity contribution is 5.63. The Labute approximate surface area is 122 Å². The highest BCUT2D eigenvalue weighted by Gasteiger charge is 2.18. The van der Waals surface area contributed by atoms with Crippen LogP contribution in [-0.2, 0) is 0 Å². The van der Waals surface area contributed by atoms with E-state index in [0.717, 1.165) is 24.8 Å². The lowest BCUT2D eigenvalue weighted by atomic mass is 10.1. The van der Waals surface area contributed by atoms with Crippen molar-refractivity contribution in [1.82, 2.24) is 10.1 Å². The summed E-state index contributed by atoms with van der Waals surface area (Å²) in [6, 6.07) is 4.26. The number of nitrogens with two attached hydrogens (primary N) is 1. The molecule has 0 saturated heterocycles. The van der Waals surface area contributed by atoms with Gasteiger partial charge in [0.2, 0.25) is 11.7 Å². The second-order valence-corrected chi connectivity index (χ2v) is 4.96. The topological polar surface area (TPSA) is 108 Å². The van der Waals surface area contributed by atoms with Gasteiger partial charge >= 0.3 is 0 Å². The predicted octanol–water partition coefficient (Wildman–Crippen LogP) is 3.14. The van der Waals surface area contributed by atoms with Crippen LogP contribution in [0.25, 0.3) is 11.4 Å². The number of nitro benzene ring substituents is 1. The number of hydrogen-bond acceptors (Lipinski definition) is 6. The fourth-order valence-corrected chi connectivity index (χ4v) is 2.01. The standard InChI is InChI=1S/C14H18N4O3/c1-3-4-5-12(15)14-16-13(17-21-14)11-8-10(18(19)20)7-6-9(11)2/h6-8,12H,3-5,15H2,1-2H3. The number of benzene rings is 1. The Morgan fingerprint density at radius 1 is 1.48 bits per heavy atom. The van der Waals surface area contributed by atoms with E-state index in [-0.39, 0.29) is 11.7 Å². The second-order valence-electron chi connectivity index (χ2n) is 4.96. The van der Waals surface area contributed by atoms with Crippen LogP contribution >= 0.6 is 0 Å². The molecule has 0 aliphatic rings. The molecule has 2 aromatic rings. The Bertz CT molecular complexity index is 639. The van der Waals surface area contributed by atoms with Gasteiger partial charge in [-0.2, -0.15) is 4.98 Å². The molecule has 1 atom stereocenters. The number of unbranched alkanes of at least 4 members (excludes halogenated alkanes) is 1. The average Bonchev–Trinajstić information content (AvgIpc) is 2.94. The van der Waals surface area contributed by atoms with Gasteiger partial charge in [0, 0.05) is 17.7 Å². The number of aryl methyl sites for hydroxylation is 1. The minimum absolute atomic E-state index is 0.00256. The maximum Gasteiger partial charge on any atom is 0.270 e. The third kappa shape index (κ3) is 3.43. The van der Waals surface area contributed by atoms with Crippen molar-refractivity contribution >= 4 is 5.69 Å². The van der Waals surface area contributed by atoms with E-state index in [1.807, 2.05) is 6.92 Å². The maximum atomic E-state index is 10.8. The first-order chi connectivity index (χ1) is 10.0. The molecule has 21 heavy (non-hydrogen) atoms. The third-order valence-electron chi connectivity index (χ3n) is 3.30. The molecule has 0 spiro atoms. The zero-order valence-electron chi connectivity index (χ0n) is 12.1. The lowest BCUT2D eigenvalue weighted by Crippen LogP contribution is -2.10. The van der Waals surface area contributed by atoms with E-state index < -0.39 is 4.92 Å². The smallest absolute Gasteiger partial charge is 0.270 e. The van der Waals surface area contributed by atoms with Crippen LogP contribution in [-0.4, -0.2) is 15.1 Å². The molecule has 7 nitrogen and oxygen atoms in total. The van der Waals surface area contributed by atoms with E-state index in [2.05, 4.69) is 17.1 Å². The van der Waals surface area contributed by atoms with E-state index in [1.54, 1.807) is 6.07 Å². The van der Waals surface area contributed by atoms with Gasteiger partial charge in [-0.25, -0.2) is 0 Å². The Balaban J connectivity index is 2.29. The second kappa shape index (κ2) is 6.45. The Kier molecular flexibility index (Phi) is 4.64. The van der Waals surface area contributed by atoms with Crippen molar-refractivity contribution in [2.24, 2.45) is 5.73 Å². The molecule has 0 aliphatic carbocycles. The molecule has 0 fully saturated rings. The molecule has 0 radical (unpaired) electrons. The van der Waals surface area contributed by atoms with Crippen molar-refractivity contribution in [2.75, 3.05) is 0 Å². The number of non-ortho nitro benzene ring substituents is 1. The largest absolute Gasteiger partial charge is 0.337 e. The molecule has 1 unspecified atom stereocenters. The summed E-state index contributed by atoms with van der Waals surface area (Å²) < 4.78 is 5.18. The van der Waals surface area contributed by atoms with E-state index in [4.69, 9.17) is 10.3 Å². The van der Waals surface area contributed by atoms with Gasteiger partial charge in [0.05, 0.1) is 11.0 Å². The van der Waals surface area contributed by atoms with Gasteiger partial charge in [-0.3, -0.25) is 10.1 Å². The summed E-state index contributed by atoms with van der Waals surface area (Å²) in [6.07, 6.45) is 2.79. The Hall–Kier alpha value is -2.28. The van der Waals surface area contributed by atoms with Crippen LogP contribution in [0.1, 0.15) is 43.7 Å². The zero-order chi connectivity index (χ0) is 15.4. The first-order valence-electron chi connectivity index (χ1n) is 6.87. The van der Waals surface area contributed by atoms with Crippen LogP contribution in [0, 0.1) is 17.0 Å². The molecule has 1 aromatic carbocycles. The van der Waals surface area contributed by atoms with E-state index >= 15 is 0 Å². The number of nitro groups is 1. The van der Waals surface area contributed by atoms with E-state index in [1.165, 1.54) is 12.1 Å². The van der Waals surface area contributed by atoms with Crippen molar-refractivity contribution in [1.29, 1.82) is 0 Å². The van der Waals surface area contributed by atoms with Crippen LogP contribution < -0.4 is 5.73 Å². The fraction of sp³-hybridized carbons (Fsp3) is 0.429. The summed E-state index contributed by atoms with van der Waals surface area (Å²) in [5.41, 5.74) is 7.41. The summed E-state index contributed by atoms with van der Waals surface area (Å²) in [5, 5.41) is 14.7. The molecule has 2 rings (SSSR count). The van der Waals surface area contributed by atoms with E-state index in [9.17, 15) is 10.1 Å². The first kappa shape index (κ1) is 15.1. The predicted molar refractivity (Wildman–Crippen MR) is 77.6 cm³/mol. The number of aromatic nitrogens is 2. The van der Waals surface area contributed by atoms with Gasteiger partial charge in [0.15, 0.2) is 0 Å². The van der Waals surface area contributed by atoms with Crippen molar-refractivity contribution < 1.29 is 9.45 Å². The minimum atomic E-state index is -0.448. The molecule has 7 heteroatoms. The molecule has 112 valence electrons. The number of rotatable bonds is 6. The molecular weight excluding hydrogens is 272 g/mol. The fourth-order valence-electron chi connectivity index (χ4n) is 2.01. The average molecular weight is 290 g/mol. The van der Waals surface area contributed by atoms with Gasteiger partial charge in [0.1, 0.15) is 0 Å². The molecule has 1 heterocycles. The Morgan fingerprint density at radius 3 is 2.90 bits per heavy atom. The summed E-state index contributed by atoms with van der Waals surface area (Å²) >= 11 is 0. The lowest BCUT2D eigenvalue weighted by Gasteiger charge is -2.04. The van der Waals surface area contributed by atoms with Crippen LogP contribution in [0.4, 0.5) is 5.69 Å². The van der Waals surface area contributed by atoms with Crippen molar-refractivity contribution in [3.05, 3.63) is 39.8 Å². The van der Waals surface area contributed by atoms with Gasteiger partial charge in [-0.15, -0.1) is 0 Å². The van der Waals surface area contributed by atoms with Gasteiger partial charge < -0.3 is 10.3 Å². The minimum Gasteiger partial charge on any atom is -0.337 e. The van der Waals surface area contributed by atoms with Crippen LogP contribution in [0.15, 0.2) is 22.7 Å². The number of hydrogen-bond donors (Lipinski definition) is 1. The molecule has 0 bridgehead atoms. The highest BCUT2D eigenvalue weighted by atomic mass is 16.6. The Morgan fingerprint density at radius 2 is 2.24 bits per heavy atom. The summed E-state index contributed by atoms with van der Waals surface area (Å²) in [7, 11) is 0. The molecule has 0 saturated carbocycles. The van der Waals surface area contributed by atoms with Gasteiger partial charge in [0.25, 0.3) is 5.69 Å².